The second kappa shape index (κ2) is 9.31. The summed E-state index contributed by atoms with van der Waals surface area (Å²) in [4.78, 5) is 25.5. The van der Waals surface area contributed by atoms with Crippen LogP contribution >= 0.6 is 0 Å². The Labute approximate surface area is 187 Å². The minimum Gasteiger partial charge on any atom is -0.493 e. The Morgan fingerprint density at radius 2 is 0.969 bits per heavy atom. The fourth-order valence-electron chi connectivity index (χ4n) is 3.32. The minimum atomic E-state index is -0.122. The molecule has 0 N–H and O–H groups in total. The third-order valence-electron chi connectivity index (χ3n) is 5.14. The van der Waals surface area contributed by atoms with Crippen molar-refractivity contribution in [1.29, 1.82) is 0 Å². The van der Waals surface area contributed by atoms with E-state index in [-0.39, 0.29) is 11.6 Å². The van der Waals surface area contributed by atoms with E-state index in [2.05, 4.69) is 0 Å². The van der Waals surface area contributed by atoms with Gasteiger partial charge in [-0.25, -0.2) is 0 Å². The molecule has 0 saturated carbocycles. The number of carbonyl (C=O) groups is 2. The maximum Gasteiger partial charge on any atom is 0.193 e. The van der Waals surface area contributed by atoms with Gasteiger partial charge in [-0.2, -0.15) is 0 Å². The molecule has 0 aliphatic rings. The molecule has 0 heterocycles. The highest BCUT2D eigenvalue weighted by atomic mass is 16.5. The Morgan fingerprint density at radius 1 is 0.562 bits per heavy atom. The predicted molar refractivity (Wildman–Crippen MR) is 124 cm³/mol. The van der Waals surface area contributed by atoms with Crippen LogP contribution in [-0.4, -0.2) is 18.7 Å². The number of carbonyl (C=O) groups excluding carboxylic acids is 2. The summed E-state index contributed by atoms with van der Waals surface area (Å²) in [7, 11) is 1.59. The average Bonchev–Trinajstić information content (AvgIpc) is 2.84. The Kier molecular flexibility index (Phi) is 6.13. The van der Waals surface area contributed by atoms with Crippen LogP contribution in [0.4, 0.5) is 0 Å². The van der Waals surface area contributed by atoms with Gasteiger partial charge in [-0.3, -0.25) is 9.59 Å². The number of ether oxygens (including phenoxy) is 2. The Bertz CT molecular complexity index is 1240. The summed E-state index contributed by atoms with van der Waals surface area (Å²) < 4.78 is 11.2. The fourth-order valence-corrected chi connectivity index (χ4v) is 3.32. The number of benzene rings is 4. The molecule has 0 fully saturated rings. The lowest BCUT2D eigenvalue weighted by molar-refractivity contribution is 0.102. The van der Waals surface area contributed by atoms with Crippen molar-refractivity contribution < 1.29 is 19.1 Å². The van der Waals surface area contributed by atoms with Crippen molar-refractivity contribution in [3.8, 4) is 17.2 Å². The molecule has 4 heteroatoms. The van der Waals surface area contributed by atoms with Gasteiger partial charge in [0.15, 0.2) is 23.1 Å². The number of hydrogen-bond donors (Lipinski definition) is 0. The quantitative estimate of drug-likeness (QED) is 0.330. The molecule has 4 aromatic carbocycles. The molecule has 0 aliphatic carbocycles. The molecule has 0 aliphatic heterocycles. The molecule has 0 atom stereocenters. The molecule has 4 nitrogen and oxygen atoms in total. The molecule has 158 valence electrons. The third-order valence-corrected chi connectivity index (χ3v) is 5.14. The van der Waals surface area contributed by atoms with Gasteiger partial charge in [-0.15, -0.1) is 0 Å². The standard InChI is InChI=1S/C28H22O4/c1-19-7-9-20(10-8-19)27(29)21-11-13-22(14-12-21)28(30)23-15-17-24(18-16-23)32-26-6-4-3-5-25(26)31-2/h3-18H,1-2H3. The molecule has 0 bridgehead atoms. The van der Waals surface area contributed by atoms with Crippen molar-refractivity contribution >= 4 is 11.6 Å². The van der Waals surface area contributed by atoms with Crippen molar-refractivity contribution in [2.45, 2.75) is 6.92 Å². The summed E-state index contributed by atoms with van der Waals surface area (Å²) in [6, 6.07) is 28.5. The molecule has 0 aromatic heterocycles. The van der Waals surface area contributed by atoms with Gasteiger partial charge in [0, 0.05) is 22.3 Å². The van der Waals surface area contributed by atoms with E-state index in [1.807, 2.05) is 55.5 Å². The van der Waals surface area contributed by atoms with E-state index in [1.165, 1.54) is 0 Å². The van der Waals surface area contributed by atoms with Gasteiger partial charge in [-0.1, -0.05) is 66.2 Å². The van der Waals surface area contributed by atoms with Gasteiger partial charge in [0.05, 0.1) is 7.11 Å². The molecule has 32 heavy (non-hydrogen) atoms. The van der Waals surface area contributed by atoms with Gasteiger partial charge < -0.3 is 9.47 Å². The zero-order chi connectivity index (χ0) is 22.5. The second-order valence-electron chi connectivity index (χ2n) is 7.38. The van der Waals surface area contributed by atoms with E-state index < -0.39 is 0 Å². The van der Waals surface area contributed by atoms with Gasteiger partial charge in [-0.05, 0) is 43.3 Å². The van der Waals surface area contributed by atoms with Crippen molar-refractivity contribution in [3.63, 3.8) is 0 Å². The first-order valence-corrected chi connectivity index (χ1v) is 10.2. The highest BCUT2D eigenvalue weighted by Crippen LogP contribution is 2.31. The van der Waals surface area contributed by atoms with Gasteiger partial charge in [0.25, 0.3) is 0 Å². The maximum absolute atomic E-state index is 12.9. The van der Waals surface area contributed by atoms with E-state index in [4.69, 9.17) is 9.47 Å². The molecule has 0 spiro atoms. The van der Waals surface area contributed by atoms with E-state index in [1.54, 1.807) is 55.6 Å². The number of rotatable bonds is 7. The summed E-state index contributed by atoms with van der Waals surface area (Å²) in [6.45, 7) is 1.98. The lowest BCUT2D eigenvalue weighted by Gasteiger charge is -2.10. The van der Waals surface area contributed by atoms with Crippen LogP contribution in [0.25, 0.3) is 0 Å². The molecule has 4 rings (SSSR count). The average molecular weight is 422 g/mol. The Balaban J connectivity index is 1.47. The molecule has 0 radical (unpaired) electrons. The van der Waals surface area contributed by atoms with Gasteiger partial charge in [0.1, 0.15) is 5.75 Å². The highest BCUT2D eigenvalue weighted by Gasteiger charge is 2.13. The summed E-state index contributed by atoms with van der Waals surface area (Å²) in [5.41, 5.74) is 3.33. The van der Waals surface area contributed by atoms with E-state index in [0.717, 1.165) is 5.56 Å². The van der Waals surface area contributed by atoms with Crippen LogP contribution in [0.2, 0.25) is 0 Å². The summed E-state index contributed by atoms with van der Waals surface area (Å²) in [6.07, 6.45) is 0. The van der Waals surface area contributed by atoms with Gasteiger partial charge in [0.2, 0.25) is 0 Å². The Morgan fingerprint density at radius 3 is 1.44 bits per heavy atom. The smallest absolute Gasteiger partial charge is 0.193 e. The first kappa shape index (κ1) is 21.1. The molecule has 4 aromatic rings. The van der Waals surface area contributed by atoms with Crippen LogP contribution in [0.3, 0.4) is 0 Å². The van der Waals surface area contributed by atoms with Crippen LogP contribution in [-0.2, 0) is 0 Å². The van der Waals surface area contributed by atoms with Crippen LogP contribution in [0.1, 0.15) is 37.4 Å². The predicted octanol–water partition coefficient (Wildman–Crippen LogP) is 6.26. The fraction of sp³-hybridized carbons (Fsp3) is 0.0714. The molecular formula is C28H22O4. The van der Waals surface area contributed by atoms with Crippen LogP contribution in [0.15, 0.2) is 97.1 Å². The van der Waals surface area contributed by atoms with Crippen LogP contribution in [0.5, 0.6) is 17.2 Å². The monoisotopic (exact) mass is 422 g/mol. The van der Waals surface area contributed by atoms with E-state index in [0.29, 0.717) is 39.5 Å². The van der Waals surface area contributed by atoms with Crippen molar-refractivity contribution in [2.75, 3.05) is 7.11 Å². The molecule has 0 unspecified atom stereocenters. The molecule has 0 amide bonds. The normalized spacial score (nSPS) is 10.4. The van der Waals surface area contributed by atoms with E-state index >= 15 is 0 Å². The summed E-state index contributed by atoms with van der Waals surface area (Å²) in [5, 5.41) is 0. The zero-order valence-electron chi connectivity index (χ0n) is 17.9. The van der Waals surface area contributed by atoms with Crippen molar-refractivity contribution in [3.05, 3.63) is 125 Å². The first-order valence-electron chi connectivity index (χ1n) is 10.2. The minimum absolute atomic E-state index is 0.0677. The summed E-state index contributed by atoms with van der Waals surface area (Å²) in [5.74, 6) is 1.64. The largest absolute Gasteiger partial charge is 0.493 e. The van der Waals surface area contributed by atoms with Crippen LogP contribution in [0, 0.1) is 6.92 Å². The summed E-state index contributed by atoms with van der Waals surface area (Å²) >= 11 is 0. The van der Waals surface area contributed by atoms with Gasteiger partial charge >= 0.3 is 0 Å². The zero-order valence-corrected chi connectivity index (χ0v) is 17.9. The van der Waals surface area contributed by atoms with E-state index in [9.17, 15) is 9.59 Å². The first-order chi connectivity index (χ1) is 15.5. The number of ketones is 2. The number of aryl methyl sites for hydroxylation is 1. The van der Waals surface area contributed by atoms with Crippen molar-refractivity contribution in [2.24, 2.45) is 0 Å². The number of methoxy groups -OCH3 is 1. The maximum atomic E-state index is 12.9. The topological polar surface area (TPSA) is 52.6 Å². The number of hydrogen-bond acceptors (Lipinski definition) is 4. The highest BCUT2D eigenvalue weighted by molar-refractivity contribution is 6.11. The Hall–Kier alpha value is -4.18. The molecule has 0 saturated heterocycles. The SMILES string of the molecule is COc1ccccc1Oc1ccc(C(=O)c2ccc(C(=O)c3ccc(C)cc3)cc2)cc1. The lowest BCUT2D eigenvalue weighted by atomic mass is 9.98. The molecular weight excluding hydrogens is 400 g/mol. The lowest BCUT2D eigenvalue weighted by Crippen LogP contribution is -2.04. The third kappa shape index (κ3) is 4.60. The number of para-hydroxylation sites is 2. The second-order valence-corrected chi connectivity index (χ2v) is 7.38. The van der Waals surface area contributed by atoms with Crippen molar-refractivity contribution in [1.82, 2.24) is 0 Å². The van der Waals surface area contributed by atoms with Crippen LogP contribution < -0.4 is 9.47 Å².